The number of fused-ring (bicyclic) bond motifs is 1. The quantitative estimate of drug-likeness (QED) is 0.0523. The maximum atomic E-state index is 4.29. The van der Waals surface area contributed by atoms with Gasteiger partial charge in [-0.25, -0.2) is 0 Å². The van der Waals surface area contributed by atoms with Crippen LogP contribution in [0.2, 0.25) is 0 Å². The molecule has 0 N–H and O–H groups in total. The van der Waals surface area contributed by atoms with Gasteiger partial charge in [0.2, 0.25) is 0 Å². The summed E-state index contributed by atoms with van der Waals surface area (Å²) in [6.45, 7) is 20.5. The highest BCUT2D eigenvalue weighted by molar-refractivity contribution is 5.09. The third kappa shape index (κ3) is 19.5. The van der Waals surface area contributed by atoms with Crippen LogP contribution in [0.4, 0.5) is 0 Å². The van der Waals surface area contributed by atoms with E-state index in [1.165, 1.54) is 198 Å². The van der Waals surface area contributed by atoms with Crippen LogP contribution in [0, 0.1) is 41.4 Å². The predicted octanol–water partition coefficient (Wildman–Crippen LogP) is 16.2. The fourth-order valence-corrected chi connectivity index (χ4v) is 9.55. The van der Waals surface area contributed by atoms with Gasteiger partial charge in [0.05, 0.1) is 0 Å². The Hall–Kier alpha value is -0.520. The molecule has 2 saturated carbocycles. The zero-order chi connectivity index (χ0) is 33.4. The van der Waals surface area contributed by atoms with E-state index < -0.39 is 0 Å². The van der Waals surface area contributed by atoms with Crippen molar-refractivity contribution in [1.29, 1.82) is 0 Å². The predicted molar refractivity (Wildman–Crippen MR) is 210 cm³/mol. The lowest BCUT2D eigenvalue weighted by molar-refractivity contribution is 0.322. The molecule has 0 bridgehead atoms. The Morgan fingerprint density at radius 1 is 0.565 bits per heavy atom. The van der Waals surface area contributed by atoms with E-state index in [9.17, 15) is 0 Å². The molecule has 2 fully saturated rings. The van der Waals surface area contributed by atoms with Gasteiger partial charge in [-0.05, 0) is 86.9 Å². The van der Waals surface area contributed by atoms with Crippen molar-refractivity contribution in [3.63, 3.8) is 0 Å². The van der Waals surface area contributed by atoms with Gasteiger partial charge in [0.1, 0.15) is 0 Å². The topological polar surface area (TPSA) is 0 Å². The van der Waals surface area contributed by atoms with Gasteiger partial charge in [0.25, 0.3) is 0 Å². The van der Waals surface area contributed by atoms with E-state index in [4.69, 9.17) is 0 Å². The SMILES string of the molecule is C=C1C[C@H]2CC[C@@H](CCCCC(C)CCCCCCCCC(C)CCCCCCCCC(C)CCCCCC(CC)C(=C)C)[C@H]2C1. The average molecular weight is 639 g/mol. The average Bonchev–Trinajstić information content (AvgIpc) is 3.58. The van der Waals surface area contributed by atoms with Crippen LogP contribution in [0.3, 0.4) is 0 Å². The van der Waals surface area contributed by atoms with E-state index in [0.29, 0.717) is 0 Å². The summed E-state index contributed by atoms with van der Waals surface area (Å²) in [6, 6.07) is 0. The number of hydrogen-bond donors (Lipinski definition) is 0. The first-order valence-corrected chi connectivity index (χ1v) is 21.6. The van der Waals surface area contributed by atoms with Crippen LogP contribution >= 0.6 is 0 Å². The first-order chi connectivity index (χ1) is 22.3. The molecule has 0 aliphatic heterocycles. The molecule has 0 saturated heterocycles. The minimum absolute atomic E-state index is 0.761. The fraction of sp³-hybridized carbons (Fsp3) is 0.913. The van der Waals surface area contributed by atoms with Crippen LogP contribution in [-0.2, 0) is 0 Å². The minimum atomic E-state index is 0.761. The van der Waals surface area contributed by atoms with Crippen molar-refractivity contribution in [2.24, 2.45) is 41.4 Å². The Balaban J connectivity index is 1.26. The molecule has 46 heavy (non-hydrogen) atoms. The van der Waals surface area contributed by atoms with Crippen LogP contribution in [0.5, 0.6) is 0 Å². The zero-order valence-corrected chi connectivity index (χ0v) is 32.7. The van der Waals surface area contributed by atoms with Gasteiger partial charge < -0.3 is 0 Å². The Morgan fingerprint density at radius 2 is 0.957 bits per heavy atom. The van der Waals surface area contributed by atoms with Gasteiger partial charge in [-0.3, -0.25) is 0 Å². The molecule has 4 unspecified atom stereocenters. The monoisotopic (exact) mass is 639 g/mol. The minimum Gasteiger partial charge on any atom is -0.0999 e. The summed E-state index contributed by atoms with van der Waals surface area (Å²) in [5.41, 5.74) is 2.95. The Labute approximate surface area is 292 Å². The molecule has 0 heterocycles. The van der Waals surface area contributed by atoms with Crippen LogP contribution < -0.4 is 0 Å². The highest BCUT2D eigenvalue weighted by Gasteiger charge is 2.39. The van der Waals surface area contributed by atoms with Crippen molar-refractivity contribution in [2.45, 2.75) is 227 Å². The van der Waals surface area contributed by atoms with E-state index in [1.807, 2.05) is 0 Å². The van der Waals surface area contributed by atoms with Crippen molar-refractivity contribution >= 4 is 0 Å². The second kappa shape index (κ2) is 26.4. The molecule has 0 nitrogen and oxygen atoms in total. The van der Waals surface area contributed by atoms with Crippen molar-refractivity contribution in [2.75, 3.05) is 0 Å². The molecule has 0 aromatic heterocycles. The molecule has 270 valence electrons. The van der Waals surface area contributed by atoms with Gasteiger partial charge >= 0.3 is 0 Å². The summed E-state index contributed by atoms with van der Waals surface area (Å²) in [7, 11) is 0. The molecule has 2 aliphatic carbocycles. The van der Waals surface area contributed by atoms with E-state index >= 15 is 0 Å². The Bertz CT molecular complexity index is 745. The number of allylic oxidation sites excluding steroid dienone is 2. The maximum Gasteiger partial charge on any atom is -0.0211 e. The summed E-state index contributed by atoms with van der Waals surface area (Å²) in [5.74, 6) is 6.67. The van der Waals surface area contributed by atoms with Crippen molar-refractivity contribution in [3.8, 4) is 0 Å². The maximum absolute atomic E-state index is 4.29. The smallest absolute Gasteiger partial charge is 0.0211 e. The molecule has 2 aliphatic rings. The first kappa shape index (κ1) is 41.7. The molecule has 0 amide bonds. The Morgan fingerprint density at radius 3 is 1.39 bits per heavy atom. The first-order valence-electron chi connectivity index (χ1n) is 21.6. The molecule has 0 heteroatoms. The van der Waals surface area contributed by atoms with Crippen LogP contribution in [-0.4, -0.2) is 0 Å². The molecule has 0 radical (unpaired) electrons. The second-order valence-electron chi connectivity index (χ2n) is 17.5. The number of rotatable bonds is 31. The second-order valence-corrected chi connectivity index (χ2v) is 17.5. The normalized spacial score (nSPS) is 22.2. The third-order valence-corrected chi connectivity index (χ3v) is 12.9. The summed E-state index contributed by atoms with van der Waals surface area (Å²) in [5, 5.41) is 0. The van der Waals surface area contributed by atoms with Crippen molar-refractivity contribution in [3.05, 3.63) is 24.3 Å². The summed E-state index contributed by atoms with van der Waals surface area (Å²) in [4.78, 5) is 0. The lowest BCUT2D eigenvalue weighted by atomic mass is 9.87. The zero-order valence-electron chi connectivity index (χ0n) is 32.7. The van der Waals surface area contributed by atoms with E-state index in [1.54, 1.807) is 5.57 Å². The van der Waals surface area contributed by atoms with E-state index in [2.05, 4.69) is 47.8 Å². The molecule has 0 spiro atoms. The van der Waals surface area contributed by atoms with Crippen molar-refractivity contribution < 1.29 is 0 Å². The third-order valence-electron chi connectivity index (χ3n) is 12.9. The lowest BCUT2D eigenvalue weighted by Crippen LogP contribution is -2.09. The molecular formula is C46H86. The van der Waals surface area contributed by atoms with Gasteiger partial charge in [-0.2, -0.15) is 0 Å². The van der Waals surface area contributed by atoms with E-state index in [-0.39, 0.29) is 0 Å². The highest BCUT2D eigenvalue weighted by Crippen LogP contribution is 2.50. The van der Waals surface area contributed by atoms with Crippen LogP contribution in [0.15, 0.2) is 24.3 Å². The van der Waals surface area contributed by atoms with Gasteiger partial charge in [0.15, 0.2) is 0 Å². The number of hydrogen-bond acceptors (Lipinski definition) is 0. The lowest BCUT2D eigenvalue weighted by Gasteiger charge is -2.18. The van der Waals surface area contributed by atoms with Gasteiger partial charge in [-0.1, -0.05) is 206 Å². The van der Waals surface area contributed by atoms with E-state index in [0.717, 1.165) is 41.4 Å². The largest absolute Gasteiger partial charge is 0.0999 e. The molecule has 7 atom stereocenters. The Kier molecular flexibility index (Phi) is 23.9. The van der Waals surface area contributed by atoms with Gasteiger partial charge in [0, 0.05) is 0 Å². The molecule has 0 aromatic rings. The van der Waals surface area contributed by atoms with Gasteiger partial charge in [-0.15, -0.1) is 0 Å². The molecule has 0 aromatic carbocycles. The summed E-state index contributed by atoms with van der Waals surface area (Å²) < 4.78 is 0. The highest BCUT2D eigenvalue weighted by atomic mass is 14.4. The van der Waals surface area contributed by atoms with Crippen LogP contribution in [0.1, 0.15) is 227 Å². The molecule has 2 rings (SSSR count). The molecular weight excluding hydrogens is 553 g/mol. The fourth-order valence-electron chi connectivity index (χ4n) is 9.55. The number of unbranched alkanes of at least 4 members (excludes halogenated alkanes) is 13. The van der Waals surface area contributed by atoms with Crippen LogP contribution in [0.25, 0.3) is 0 Å². The summed E-state index contributed by atoms with van der Waals surface area (Å²) in [6.07, 6.45) is 43.5. The van der Waals surface area contributed by atoms with Crippen molar-refractivity contribution in [1.82, 2.24) is 0 Å². The standard InChI is InChI=1S/C46H86/c1-8-43(38(2)3)32-23-17-22-30-40(5)28-20-15-10-9-13-18-26-39(4)27-19-14-11-12-16-21-29-41(6)31-24-25-33-44-34-35-45-36-42(7)37-46(44)45/h39-41,43-46H,2,7-37H2,1,3-6H3/t39?,40?,41?,43?,44-,45-,46-/m1/s1. The summed E-state index contributed by atoms with van der Waals surface area (Å²) >= 11 is 0.